The van der Waals surface area contributed by atoms with Gasteiger partial charge in [0.2, 0.25) is 0 Å². The summed E-state index contributed by atoms with van der Waals surface area (Å²) in [5, 5.41) is 5.93. The predicted molar refractivity (Wildman–Crippen MR) is 71.9 cm³/mol. The van der Waals surface area contributed by atoms with Crippen LogP contribution in [0.2, 0.25) is 0 Å². The Bertz CT molecular complexity index is 412. The summed E-state index contributed by atoms with van der Waals surface area (Å²) < 4.78 is 0. The van der Waals surface area contributed by atoms with E-state index in [9.17, 15) is 9.59 Å². The minimum atomic E-state index is -0.104. The lowest BCUT2D eigenvalue weighted by molar-refractivity contribution is 0.0946. The quantitative estimate of drug-likeness (QED) is 0.750. The fraction of sp³-hybridized carbons (Fsp3) is 0.429. The van der Waals surface area contributed by atoms with Crippen LogP contribution in [0.25, 0.3) is 0 Å². The molecule has 1 aromatic carbocycles. The molecule has 0 aliphatic rings. The molecule has 2 N–H and O–H groups in total. The van der Waals surface area contributed by atoms with Crippen molar-refractivity contribution in [2.45, 2.75) is 13.8 Å². The molecule has 0 aliphatic carbocycles. The highest BCUT2D eigenvalue weighted by atomic mass is 16.1. The van der Waals surface area contributed by atoms with Crippen molar-refractivity contribution in [1.82, 2.24) is 10.6 Å². The maximum absolute atomic E-state index is 11.8. The number of nitrogens with one attached hydrogen (secondary N) is 2. The molecule has 18 heavy (non-hydrogen) atoms. The van der Waals surface area contributed by atoms with Crippen LogP contribution < -0.4 is 10.6 Å². The van der Waals surface area contributed by atoms with E-state index in [1.165, 1.54) is 6.92 Å². The highest BCUT2D eigenvalue weighted by Gasteiger charge is 2.08. The molecule has 1 amide bonds. The van der Waals surface area contributed by atoms with Crippen molar-refractivity contribution in [2.75, 3.05) is 20.1 Å². The van der Waals surface area contributed by atoms with E-state index >= 15 is 0 Å². The van der Waals surface area contributed by atoms with E-state index in [0.29, 0.717) is 23.6 Å². The van der Waals surface area contributed by atoms with Crippen LogP contribution in [0.4, 0.5) is 0 Å². The van der Waals surface area contributed by atoms with E-state index in [-0.39, 0.29) is 11.7 Å². The van der Waals surface area contributed by atoms with Gasteiger partial charge in [-0.3, -0.25) is 9.59 Å². The number of ketones is 1. The molecule has 0 saturated heterocycles. The number of hydrogen-bond donors (Lipinski definition) is 2. The van der Waals surface area contributed by atoms with Gasteiger partial charge in [-0.15, -0.1) is 0 Å². The Labute approximate surface area is 108 Å². The molecule has 0 saturated carbocycles. The Morgan fingerprint density at radius 3 is 2.17 bits per heavy atom. The molecule has 0 heterocycles. The smallest absolute Gasteiger partial charge is 0.251 e. The van der Waals surface area contributed by atoms with Gasteiger partial charge < -0.3 is 10.6 Å². The predicted octanol–water partition coefficient (Wildman–Crippen LogP) is 1.47. The van der Waals surface area contributed by atoms with Crippen LogP contribution >= 0.6 is 0 Å². The van der Waals surface area contributed by atoms with Crippen molar-refractivity contribution in [3.8, 4) is 0 Å². The number of benzene rings is 1. The maximum Gasteiger partial charge on any atom is 0.251 e. The first kappa shape index (κ1) is 14.4. The molecule has 0 radical (unpaired) electrons. The molecule has 1 rings (SSSR count). The fourth-order valence-electron chi connectivity index (χ4n) is 1.65. The van der Waals surface area contributed by atoms with Crippen molar-refractivity contribution < 1.29 is 9.59 Å². The van der Waals surface area contributed by atoms with E-state index in [1.54, 1.807) is 24.3 Å². The first-order chi connectivity index (χ1) is 8.54. The lowest BCUT2D eigenvalue weighted by atomic mass is 10.1. The van der Waals surface area contributed by atoms with Crippen molar-refractivity contribution in [1.29, 1.82) is 0 Å². The average molecular weight is 248 g/mol. The lowest BCUT2D eigenvalue weighted by Crippen LogP contribution is -2.32. The van der Waals surface area contributed by atoms with Crippen LogP contribution in [0, 0.1) is 5.92 Å². The zero-order valence-corrected chi connectivity index (χ0v) is 11.1. The van der Waals surface area contributed by atoms with Gasteiger partial charge >= 0.3 is 0 Å². The molecule has 1 atom stereocenters. The third-order valence-corrected chi connectivity index (χ3v) is 2.72. The van der Waals surface area contributed by atoms with Crippen LogP contribution in [0.5, 0.6) is 0 Å². The highest BCUT2D eigenvalue weighted by molar-refractivity contribution is 5.97. The summed E-state index contributed by atoms with van der Waals surface area (Å²) in [6.07, 6.45) is 0. The van der Waals surface area contributed by atoms with E-state index in [4.69, 9.17) is 0 Å². The molecular weight excluding hydrogens is 228 g/mol. The standard InChI is InChI=1S/C14H20N2O2/c1-10(8-15-3)9-16-14(18)13-6-4-12(5-7-13)11(2)17/h4-7,10,15H,8-9H2,1-3H3,(H,16,18). The van der Waals surface area contributed by atoms with Gasteiger partial charge in [-0.2, -0.15) is 0 Å². The average Bonchev–Trinajstić information content (AvgIpc) is 2.36. The van der Waals surface area contributed by atoms with Crippen molar-refractivity contribution in [3.05, 3.63) is 35.4 Å². The summed E-state index contributed by atoms with van der Waals surface area (Å²) >= 11 is 0. The maximum atomic E-state index is 11.8. The van der Waals surface area contributed by atoms with Gasteiger partial charge in [0.1, 0.15) is 0 Å². The van der Waals surface area contributed by atoms with Gasteiger partial charge in [-0.05, 0) is 38.6 Å². The van der Waals surface area contributed by atoms with E-state index in [1.807, 2.05) is 7.05 Å². The Morgan fingerprint density at radius 1 is 1.11 bits per heavy atom. The normalized spacial score (nSPS) is 11.9. The fourth-order valence-corrected chi connectivity index (χ4v) is 1.65. The minimum Gasteiger partial charge on any atom is -0.352 e. The summed E-state index contributed by atoms with van der Waals surface area (Å²) in [5.74, 6) is 0.285. The van der Waals surface area contributed by atoms with E-state index < -0.39 is 0 Å². The van der Waals surface area contributed by atoms with E-state index in [0.717, 1.165) is 6.54 Å². The largest absolute Gasteiger partial charge is 0.352 e. The second kappa shape index (κ2) is 6.91. The topological polar surface area (TPSA) is 58.2 Å². The van der Waals surface area contributed by atoms with Crippen molar-refractivity contribution in [3.63, 3.8) is 0 Å². The number of amides is 1. The molecule has 0 spiro atoms. The molecular formula is C14H20N2O2. The molecule has 4 nitrogen and oxygen atoms in total. The zero-order valence-electron chi connectivity index (χ0n) is 11.1. The Hall–Kier alpha value is -1.68. The molecule has 4 heteroatoms. The van der Waals surface area contributed by atoms with Crippen LogP contribution in [-0.2, 0) is 0 Å². The van der Waals surface area contributed by atoms with Crippen LogP contribution in [0.3, 0.4) is 0 Å². The molecule has 0 bridgehead atoms. The van der Waals surface area contributed by atoms with Gasteiger partial charge in [0.15, 0.2) is 5.78 Å². The number of carbonyl (C=O) groups is 2. The second-order valence-corrected chi connectivity index (χ2v) is 4.51. The number of rotatable bonds is 6. The SMILES string of the molecule is CNCC(C)CNC(=O)c1ccc(C(C)=O)cc1. The third-order valence-electron chi connectivity index (χ3n) is 2.72. The monoisotopic (exact) mass is 248 g/mol. The molecule has 1 unspecified atom stereocenters. The van der Waals surface area contributed by atoms with Gasteiger partial charge in [0, 0.05) is 17.7 Å². The number of carbonyl (C=O) groups excluding carboxylic acids is 2. The molecule has 0 aromatic heterocycles. The molecule has 0 fully saturated rings. The number of Topliss-reactive ketones (excluding diaryl/α,β-unsaturated/α-hetero) is 1. The summed E-state index contributed by atoms with van der Waals surface area (Å²) in [6.45, 7) is 5.07. The van der Waals surface area contributed by atoms with Gasteiger partial charge in [-0.1, -0.05) is 19.1 Å². The zero-order chi connectivity index (χ0) is 13.5. The number of hydrogen-bond acceptors (Lipinski definition) is 3. The van der Waals surface area contributed by atoms with E-state index in [2.05, 4.69) is 17.6 Å². The summed E-state index contributed by atoms with van der Waals surface area (Å²) in [4.78, 5) is 22.9. The Balaban J connectivity index is 2.54. The summed E-state index contributed by atoms with van der Waals surface area (Å²) in [5.41, 5.74) is 1.20. The Kier molecular flexibility index (Phi) is 5.52. The highest BCUT2D eigenvalue weighted by Crippen LogP contribution is 2.05. The van der Waals surface area contributed by atoms with Crippen LogP contribution in [0.1, 0.15) is 34.6 Å². The van der Waals surface area contributed by atoms with Gasteiger partial charge in [-0.25, -0.2) is 0 Å². The molecule has 0 aliphatic heterocycles. The van der Waals surface area contributed by atoms with Gasteiger partial charge in [0.25, 0.3) is 5.91 Å². The third kappa shape index (κ3) is 4.30. The van der Waals surface area contributed by atoms with Crippen molar-refractivity contribution >= 4 is 11.7 Å². The molecule has 1 aromatic rings. The first-order valence-corrected chi connectivity index (χ1v) is 6.08. The lowest BCUT2D eigenvalue weighted by Gasteiger charge is -2.12. The first-order valence-electron chi connectivity index (χ1n) is 6.08. The Morgan fingerprint density at radius 2 is 1.67 bits per heavy atom. The van der Waals surface area contributed by atoms with Crippen molar-refractivity contribution in [2.24, 2.45) is 5.92 Å². The minimum absolute atomic E-state index is 0.00426. The van der Waals surface area contributed by atoms with Crippen LogP contribution in [0.15, 0.2) is 24.3 Å². The molecule has 98 valence electrons. The summed E-state index contributed by atoms with van der Waals surface area (Å²) in [6, 6.07) is 6.70. The van der Waals surface area contributed by atoms with Gasteiger partial charge in [0.05, 0.1) is 0 Å². The second-order valence-electron chi connectivity index (χ2n) is 4.51. The summed E-state index contributed by atoms with van der Waals surface area (Å²) in [7, 11) is 1.89. The van der Waals surface area contributed by atoms with Crippen LogP contribution in [-0.4, -0.2) is 31.8 Å².